The molecule has 4 N–H and O–H groups in total. The Balaban J connectivity index is 1.34. The van der Waals surface area contributed by atoms with Crippen molar-refractivity contribution in [2.24, 2.45) is 5.92 Å². The van der Waals surface area contributed by atoms with Crippen LogP contribution < -0.4 is 10.9 Å². The van der Waals surface area contributed by atoms with Crippen molar-refractivity contribution in [2.75, 3.05) is 5.32 Å². The van der Waals surface area contributed by atoms with Crippen molar-refractivity contribution in [2.45, 2.75) is 74.9 Å². The Morgan fingerprint density at radius 1 is 1.20 bits per heavy atom. The molecular formula is C25H30N6O3S. The number of pyridine rings is 1. The highest BCUT2D eigenvalue weighted by molar-refractivity contribution is 8.22. The minimum Gasteiger partial charge on any atom is -0.338 e. The number of benzene rings is 1. The highest BCUT2D eigenvalue weighted by Gasteiger charge is 2.40. The molecule has 0 spiro atoms. The number of fused-ring (bicyclic) bond motifs is 2. The lowest BCUT2D eigenvalue weighted by Gasteiger charge is -2.43. The van der Waals surface area contributed by atoms with Gasteiger partial charge in [0.1, 0.15) is 5.39 Å². The lowest BCUT2D eigenvalue weighted by atomic mass is 9.95. The number of hydrogen-bond donors (Lipinski definition) is 4. The fourth-order valence-corrected chi connectivity index (χ4v) is 7.67. The van der Waals surface area contributed by atoms with Gasteiger partial charge in [0.05, 0.1) is 28.9 Å². The van der Waals surface area contributed by atoms with Gasteiger partial charge in [0.2, 0.25) is 0 Å². The minimum atomic E-state index is -2.99. The first-order valence-corrected chi connectivity index (χ1v) is 13.9. The topological polar surface area (TPSA) is 130 Å². The molecule has 2 fully saturated rings. The Bertz CT molecular complexity index is 1370. The summed E-state index contributed by atoms with van der Waals surface area (Å²) >= 11 is 0. The van der Waals surface area contributed by atoms with E-state index in [1.807, 2.05) is 27.2 Å². The van der Waals surface area contributed by atoms with Gasteiger partial charge in [-0.2, -0.15) is 14.7 Å². The fourth-order valence-electron chi connectivity index (χ4n) is 5.74. The van der Waals surface area contributed by atoms with E-state index in [-0.39, 0.29) is 17.6 Å². The molecule has 1 aliphatic heterocycles. The summed E-state index contributed by atoms with van der Waals surface area (Å²) in [6.07, 6.45) is 9.53. The Hall–Kier alpha value is -2.84. The summed E-state index contributed by atoms with van der Waals surface area (Å²) in [7, 11) is -2.99. The highest BCUT2D eigenvalue weighted by atomic mass is 32.3. The van der Waals surface area contributed by atoms with E-state index >= 15 is 0 Å². The number of anilines is 2. The summed E-state index contributed by atoms with van der Waals surface area (Å²) in [5, 5.41) is 17.9. The minimum absolute atomic E-state index is 0.0584. The average Bonchev–Trinajstić information content (AvgIpc) is 3.58. The van der Waals surface area contributed by atoms with Crippen molar-refractivity contribution in [3.05, 3.63) is 46.4 Å². The second-order valence-corrected chi connectivity index (χ2v) is 11.9. The molecule has 0 amide bonds. The summed E-state index contributed by atoms with van der Waals surface area (Å²) in [4.78, 5) is 16.1. The van der Waals surface area contributed by atoms with Crippen molar-refractivity contribution in [3.8, 4) is 6.07 Å². The van der Waals surface area contributed by atoms with Gasteiger partial charge < -0.3 is 10.3 Å². The van der Waals surface area contributed by atoms with Gasteiger partial charge >= 0.3 is 0 Å². The van der Waals surface area contributed by atoms with Crippen LogP contribution in [0.3, 0.4) is 0 Å². The smallest absolute Gasteiger partial charge is 0.261 e. The number of nitriles is 1. The molecule has 0 bridgehead atoms. The maximum absolute atomic E-state index is 12.8. The third-order valence-corrected chi connectivity index (χ3v) is 9.73. The third-order valence-electron chi connectivity index (χ3n) is 7.66. The Kier molecular flexibility index (Phi) is 5.60. The summed E-state index contributed by atoms with van der Waals surface area (Å²) in [5.74, 6) is 0.847. The van der Waals surface area contributed by atoms with Crippen LogP contribution in [0.5, 0.6) is 0 Å². The lowest BCUT2D eigenvalue weighted by Crippen LogP contribution is -2.34. The van der Waals surface area contributed by atoms with Crippen molar-refractivity contribution in [1.29, 1.82) is 5.26 Å². The average molecular weight is 495 g/mol. The number of hydrogen-bond acceptors (Lipinski definition) is 7. The van der Waals surface area contributed by atoms with Crippen molar-refractivity contribution in [3.63, 3.8) is 0 Å². The van der Waals surface area contributed by atoms with E-state index in [0.29, 0.717) is 40.5 Å². The molecule has 0 radical (unpaired) electrons. The van der Waals surface area contributed by atoms with Crippen LogP contribution in [0.1, 0.15) is 63.0 Å². The lowest BCUT2D eigenvalue weighted by molar-refractivity contribution is 0.234. The molecule has 184 valence electrons. The van der Waals surface area contributed by atoms with Crippen LogP contribution in [0.4, 0.5) is 11.5 Å². The number of nitrogens with zero attached hydrogens (tertiary/aromatic N) is 4. The summed E-state index contributed by atoms with van der Waals surface area (Å²) in [6.45, 7) is 0.500. The van der Waals surface area contributed by atoms with E-state index in [1.54, 1.807) is 12.3 Å². The number of aromatic nitrogens is 3. The molecule has 35 heavy (non-hydrogen) atoms. The van der Waals surface area contributed by atoms with Gasteiger partial charge in [0.15, 0.2) is 5.82 Å². The molecule has 3 heterocycles. The van der Waals surface area contributed by atoms with Gasteiger partial charge in [0, 0.05) is 24.5 Å². The van der Waals surface area contributed by atoms with Crippen LogP contribution in [-0.2, 0) is 6.54 Å². The number of rotatable bonds is 6. The summed E-state index contributed by atoms with van der Waals surface area (Å²) in [5.41, 5.74) is 2.10. The molecule has 1 aromatic carbocycles. The van der Waals surface area contributed by atoms with Crippen molar-refractivity contribution < 1.29 is 9.11 Å². The monoisotopic (exact) mass is 494 g/mol. The third kappa shape index (κ3) is 3.93. The number of aromatic amines is 1. The molecule has 1 atom stereocenters. The second kappa shape index (κ2) is 8.68. The second-order valence-electron chi connectivity index (χ2n) is 9.96. The maximum atomic E-state index is 12.8. The first-order valence-electron chi connectivity index (χ1n) is 12.4. The fraction of sp³-hybridized carbons (Fsp3) is 0.480. The zero-order valence-electron chi connectivity index (χ0n) is 19.5. The SMILES string of the molecule is N#CCC(C1CC1)n1nc(Nc2ccc3c(c2)CN(C2CCCCC2)S3(O)O)c2c(=O)[nH]ccc21. The largest absolute Gasteiger partial charge is 0.338 e. The molecule has 2 aromatic heterocycles. The Morgan fingerprint density at radius 3 is 2.74 bits per heavy atom. The van der Waals surface area contributed by atoms with Crippen molar-refractivity contribution in [1.82, 2.24) is 19.1 Å². The molecule has 3 aromatic rings. The van der Waals surface area contributed by atoms with Gasteiger partial charge in [-0.3, -0.25) is 18.6 Å². The zero-order chi connectivity index (χ0) is 24.2. The van der Waals surface area contributed by atoms with Gasteiger partial charge in [-0.15, -0.1) is 10.8 Å². The maximum Gasteiger partial charge on any atom is 0.261 e. The molecule has 2 saturated carbocycles. The van der Waals surface area contributed by atoms with Gasteiger partial charge in [-0.05, 0) is 61.4 Å². The van der Waals surface area contributed by atoms with E-state index in [0.717, 1.165) is 49.8 Å². The van der Waals surface area contributed by atoms with Gasteiger partial charge in [-0.1, -0.05) is 19.3 Å². The first-order chi connectivity index (χ1) is 17.0. The molecular weight excluding hydrogens is 464 g/mol. The Morgan fingerprint density at radius 2 is 2.00 bits per heavy atom. The van der Waals surface area contributed by atoms with Crippen LogP contribution in [0, 0.1) is 17.2 Å². The van der Waals surface area contributed by atoms with Crippen molar-refractivity contribution >= 4 is 33.2 Å². The molecule has 10 heteroatoms. The van der Waals surface area contributed by atoms with E-state index in [1.165, 1.54) is 6.42 Å². The predicted molar refractivity (Wildman–Crippen MR) is 136 cm³/mol. The molecule has 2 aliphatic carbocycles. The Labute approximate surface area is 205 Å². The van der Waals surface area contributed by atoms with Crippen LogP contribution in [0.15, 0.2) is 40.2 Å². The van der Waals surface area contributed by atoms with Crippen LogP contribution in [0.2, 0.25) is 0 Å². The zero-order valence-corrected chi connectivity index (χ0v) is 20.3. The summed E-state index contributed by atoms with van der Waals surface area (Å²) in [6, 6.07) is 9.77. The molecule has 9 nitrogen and oxygen atoms in total. The molecule has 3 aliphatic rings. The quantitative estimate of drug-likeness (QED) is 0.356. The highest BCUT2D eigenvalue weighted by Crippen LogP contribution is 2.61. The van der Waals surface area contributed by atoms with Crippen LogP contribution >= 0.6 is 10.8 Å². The van der Waals surface area contributed by atoms with Gasteiger partial charge in [-0.25, -0.2) is 0 Å². The summed E-state index contributed by atoms with van der Waals surface area (Å²) < 4.78 is 25.8. The van der Waals surface area contributed by atoms with Crippen LogP contribution in [0.25, 0.3) is 10.9 Å². The first kappa shape index (κ1) is 22.6. The molecule has 6 rings (SSSR count). The normalized spacial score (nSPS) is 22.0. The van der Waals surface area contributed by atoms with Gasteiger partial charge in [0.25, 0.3) is 5.56 Å². The predicted octanol–water partition coefficient (Wildman–Crippen LogP) is 5.51. The molecule has 0 saturated heterocycles. The van der Waals surface area contributed by atoms with E-state index in [4.69, 9.17) is 5.10 Å². The van der Waals surface area contributed by atoms with E-state index in [2.05, 4.69) is 16.4 Å². The standard InChI is InChI=1S/C25H30N6O3S/c26-12-10-20(16-6-7-16)31-21-11-13-27-25(32)23(21)24(29-31)28-18-8-9-22-17(14-18)15-30(35(22,33)34)19-4-2-1-3-5-19/h8-9,11,13-14,16,19-20,33-34H,1-7,10,15H2,(H,27,32)(H,28,29). The van der Waals surface area contributed by atoms with E-state index in [9.17, 15) is 19.2 Å². The number of H-pyrrole nitrogens is 1. The molecule has 1 unspecified atom stereocenters. The number of nitrogens with one attached hydrogen (secondary N) is 2. The van der Waals surface area contributed by atoms with E-state index < -0.39 is 10.8 Å². The van der Waals surface area contributed by atoms with Crippen LogP contribution in [-0.4, -0.2) is 34.2 Å².